The van der Waals surface area contributed by atoms with E-state index >= 15 is 0 Å². The molecule has 0 radical (unpaired) electrons. The lowest BCUT2D eigenvalue weighted by Crippen LogP contribution is -2.59. The Balaban J connectivity index is 1.26. The molecule has 3 heterocycles. The van der Waals surface area contributed by atoms with Gasteiger partial charge in [-0.15, -0.1) is 0 Å². The van der Waals surface area contributed by atoms with Crippen molar-refractivity contribution in [1.29, 1.82) is 0 Å². The Morgan fingerprint density at radius 1 is 1.07 bits per heavy atom. The highest BCUT2D eigenvalue weighted by Crippen LogP contribution is 2.47. The molecule has 6 rings (SSSR count). The third-order valence-electron chi connectivity index (χ3n) is 11.7. The van der Waals surface area contributed by atoms with Gasteiger partial charge in [0.1, 0.15) is 24.2 Å². The zero-order valence-electron chi connectivity index (χ0n) is 33.6. The summed E-state index contributed by atoms with van der Waals surface area (Å²) < 4.78 is 45.5. The highest BCUT2D eigenvalue weighted by molar-refractivity contribution is 7.91. The number of fused-ring (bicyclic) bond motifs is 3. The molecule has 3 N–H and O–H groups in total. The summed E-state index contributed by atoms with van der Waals surface area (Å²) in [5, 5.41) is 4.87. The van der Waals surface area contributed by atoms with Gasteiger partial charge in [-0.3, -0.25) is 23.9 Å². The fourth-order valence-corrected chi connectivity index (χ4v) is 9.40. The third kappa shape index (κ3) is 9.84. The maximum Gasteiger partial charge on any atom is 0.407 e. The molecule has 1 aromatic rings. The largest absolute Gasteiger partial charge is 0.449 e. The molecule has 2 saturated carbocycles. The van der Waals surface area contributed by atoms with Crippen LogP contribution in [-0.2, 0) is 62.9 Å². The zero-order valence-corrected chi connectivity index (χ0v) is 34.4. The summed E-state index contributed by atoms with van der Waals surface area (Å²) in [6.07, 6.45) is 3.61. The van der Waals surface area contributed by atoms with Crippen LogP contribution >= 0.6 is 0 Å². The second-order valence-electron chi connectivity index (χ2n) is 18.0. The van der Waals surface area contributed by atoms with Crippen molar-refractivity contribution in [3.63, 3.8) is 0 Å². The van der Waals surface area contributed by atoms with Crippen LogP contribution in [0.1, 0.15) is 110 Å². The number of cyclic esters (lactones) is 1. The van der Waals surface area contributed by atoms with Crippen LogP contribution in [-0.4, -0.2) is 109 Å². The van der Waals surface area contributed by atoms with Gasteiger partial charge in [-0.2, -0.15) is 0 Å². The third-order valence-corrected chi connectivity index (χ3v) is 13.5. The molecule has 1 aromatic carbocycles. The molecule has 0 spiro atoms. The molecule has 310 valence electrons. The number of rotatable bonds is 8. The maximum absolute atomic E-state index is 14.5. The van der Waals surface area contributed by atoms with Gasteiger partial charge in [-0.1, -0.05) is 51.8 Å². The van der Waals surface area contributed by atoms with Crippen LogP contribution in [0.3, 0.4) is 0 Å². The van der Waals surface area contributed by atoms with Crippen molar-refractivity contribution in [1.82, 2.24) is 25.2 Å². The molecular formula is C40H59N5O10S. The van der Waals surface area contributed by atoms with E-state index in [1.165, 1.54) is 10.5 Å². The summed E-state index contributed by atoms with van der Waals surface area (Å²) in [5.74, 6) is -2.62. The second kappa shape index (κ2) is 16.2. The molecule has 4 bridgehead atoms. The van der Waals surface area contributed by atoms with E-state index < -0.39 is 68.4 Å². The maximum atomic E-state index is 14.5. The molecule has 15 nitrogen and oxygen atoms in total. The van der Waals surface area contributed by atoms with E-state index in [1.807, 2.05) is 53.7 Å². The van der Waals surface area contributed by atoms with Gasteiger partial charge in [0.05, 0.1) is 30.2 Å². The van der Waals surface area contributed by atoms with Crippen molar-refractivity contribution in [2.24, 2.45) is 11.3 Å². The van der Waals surface area contributed by atoms with Gasteiger partial charge >= 0.3 is 6.09 Å². The number of nitrogens with one attached hydrogen (secondary N) is 3. The number of sulfonamides is 1. The average Bonchev–Trinajstić information content (AvgIpc) is 4.02. The standard InChI is InChI=1S/C40H59N5O10S/c1-7-27-18-40(27,36(49)43-56(51,52)29-14-15-29)42-34(47)32-17-28-20-45(32)35(48)31(22-55-38(2,3)4)41-37(50)54-24-39(5,6)16-9-8-11-25-12-10-13-26-19-44(21-30(25)26)33(46)23-53-28/h10,12-13,27-29,31-32H,7-9,11,14-24H2,1-6H3,(H,41,50)(H,42,47)(H,43,49)/t27-,28+,31-,32-,40+/m0/s1. The van der Waals surface area contributed by atoms with Crippen LogP contribution in [0.4, 0.5) is 4.79 Å². The minimum Gasteiger partial charge on any atom is -0.449 e. The van der Waals surface area contributed by atoms with Crippen LogP contribution < -0.4 is 15.4 Å². The monoisotopic (exact) mass is 801 g/mol. The highest BCUT2D eigenvalue weighted by atomic mass is 32.2. The quantitative estimate of drug-likeness (QED) is 0.353. The fourth-order valence-electron chi connectivity index (χ4n) is 8.03. The lowest BCUT2D eigenvalue weighted by Gasteiger charge is -2.31. The van der Waals surface area contributed by atoms with Crippen molar-refractivity contribution in [3.05, 3.63) is 34.9 Å². The summed E-state index contributed by atoms with van der Waals surface area (Å²) in [6.45, 7) is 11.8. The topological polar surface area (TPSA) is 190 Å². The zero-order chi connectivity index (χ0) is 40.6. The number of ether oxygens (including phenoxy) is 3. The molecule has 3 aliphatic heterocycles. The second-order valence-corrected chi connectivity index (χ2v) is 20.0. The Kier molecular flexibility index (Phi) is 12.1. The van der Waals surface area contributed by atoms with Gasteiger partial charge in [-0.25, -0.2) is 13.2 Å². The van der Waals surface area contributed by atoms with E-state index in [4.69, 9.17) is 14.2 Å². The number of benzene rings is 1. The van der Waals surface area contributed by atoms with Gasteiger partial charge in [0, 0.05) is 26.1 Å². The minimum atomic E-state index is -3.88. The number of hydrogen-bond donors (Lipinski definition) is 3. The summed E-state index contributed by atoms with van der Waals surface area (Å²) in [7, 11) is -3.88. The van der Waals surface area contributed by atoms with Crippen molar-refractivity contribution < 1.29 is 46.6 Å². The average molecular weight is 802 g/mol. The van der Waals surface area contributed by atoms with Crippen LogP contribution in [0.25, 0.3) is 0 Å². The van der Waals surface area contributed by atoms with Crippen LogP contribution in [0.15, 0.2) is 18.2 Å². The van der Waals surface area contributed by atoms with Gasteiger partial charge in [0.15, 0.2) is 0 Å². The number of nitrogens with zero attached hydrogens (tertiary/aromatic N) is 2. The first kappa shape index (κ1) is 41.9. The number of amides is 5. The van der Waals surface area contributed by atoms with E-state index in [9.17, 15) is 32.4 Å². The highest BCUT2D eigenvalue weighted by Gasteiger charge is 2.62. The van der Waals surface area contributed by atoms with E-state index in [0.717, 1.165) is 36.8 Å². The van der Waals surface area contributed by atoms with Gasteiger partial charge in [-0.05, 0) is 87.3 Å². The van der Waals surface area contributed by atoms with Gasteiger partial charge in [0.25, 0.3) is 5.91 Å². The van der Waals surface area contributed by atoms with Crippen molar-refractivity contribution in [2.75, 3.05) is 26.4 Å². The Hall–Kier alpha value is -3.76. The van der Waals surface area contributed by atoms with E-state index in [0.29, 0.717) is 32.4 Å². The number of aryl methyl sites for hydroxylation is 1. The van der Waals surface area contributed by atoms with E-state index in [1.54, 1.807) is 4.90 Å². The summed E-state index contributed by atoms with van der Waals surface area (Å²) >= 11 is 0. The number of carbonyl (C=O) groups excluding carboxylic acids is 5. The Morgan fingerprint density at radius 2 is 1.80 bits per heavy atom. The molecule has 0 aromatic heterocycles. The summed E-state index contributed by atoms with van der Waals surface area (Å²) in [5.41, 5.74) is 0.967. The van der Waals surface area contributed by atoms with Gasteiger partial charge < -0.3 is 34.6 Å². The number of hydrogen-bond acceptors (Lipinski definition) is 10. The normalized spacial score (nSPS) is 28.9. The number of carbonyl (C=O) groups is 5. The van der Waals surface area contributed by atoms with Crippen LogP contribution in [0, 0.1) is 11.3 Å². The summed E-state index contributed by atoms with van der Waals surface area (Å²) in [4.78, 5) is 72.2. The Labute approximate surface area is 330 Å². The molecule has 16 heteroatoms. The predicted molar refractivity (Wildman–Crippen MR) is 205 cm³/mol. The molecule has 5 amide bonds. The smallest absolute Gasteiger partial charge is 0.407 e. The van der Waals surface area contributed by atoms with E-state index in [-0.39, 0.29) is 56.4 Å². The van der Waals surface area contributed by atoms with Crippen LogP contribution in [0.5, 0.6) is 0 Å². The molecule has 2 aliphatic carbocycles. The first-order chi connectivity index (χ1) is 26.3. The number of alkyl carbamates (subject to hydrolysis) is 1. The molecule has 5 atom stereocenters. The van der Waals surface area contributed by atoms with Crippen molar-refractivity contribution >= 4 is 39.7 Å². The first-order valence-electron chi connectivity index (χ1n) is 20.1. The predicted octanol–water partition coefficient (Wildman–Crippen LogP) is 3.07. The SMILES string of the molecule is CC[C@H]1C[C@]1(NC(=O)[C@@H]1C[C@@H]2CN1C(=O)[C@H](COC(C)(C)C)NC(=O)OCC(C)(C)CCCCc1cccc3c1CN(C3)C(=O)CO2)C(=O)NS(=O)(=O)C1CC1. The molecule has 3 fully saturated rings. The summed E-state index contributed by atoms with van der Waals surface area (Å²) in [6, 6.07) is 3.74. The lowest BCUT2D eigenvalue weighted by molar-refractivity contribution is -0.143. The molecule has 0 unspecified atom stereocenters. The molecule has 56 heavy (non-hydrogen) atoms. The van der Waals surface area contributed by atoms with Crippen LogP contribution in [0.2, 0.25) is 0 Å². The Bertz CT molecular complexity index is 1810. The lowest BCUT2D eigenvalue weighted by atomic mass is 9.87. The molecule has 1 saturated heterocycles. The fraction of sp³-hybridized carbons (Fsp3) is 0.725. The first-order valence-corrected chi connectivity index (χ1v) is 21.6. The van der Waals surface area contributed by atoms with Crippen molar-refractivity contribution in [2.45, 2.75) is 147 Å². The Morgan fingerprint density at radius 3 is 2.48 bits per heavy atom. The molecule has 5 aliphatic rings. The molecular weight excluding hydrogens is 743 g/mol. The minimum absolute atomic E-state index is 0.00439. The van der Waals surface area contributed by atoms with Crippen molar-refractivity contribution in [3.8, 4) is 0 Å². The van der Waals surface area contributed by atoms with Gasteiger partial charge in [0.2, 0.25) is 27.7 Å². The van der Waals surface area contributed by atoms with E-state index in [2.05, 4.69) is 21.4 Å².